The van der Waals surface area contributed by atoms with Crippen molar-refractivity contribution in [1.29, 1.82) is 0 Å². The lowest BCUT2D eigenvalue weighted by molar-refractivity contribution is -0.119. The summed E-state index contributed by atoms with van der Waals surface area (Å²) in [6.07, 6.45) is 0. The molecule has 0 aliphatic rings. The highest BCUT2D eigenvalue weighted by molar-refractivity contribution is 5.96. The van der Waals surface area contributed by atoms with Crippen LogP contribution in [0.5, 0.6) is 5.75 Å². The number of amides is 2. The van der Waals surface area contributed by atoms with Crippen LogP contribution in [0.15, 0.2) is 18.2 Å². The highest BCUT2D eigenvalue weighted by atomic mass is 19.1. The van der Waals surface area contributed by atoms with Crippen LogP contribution < -0.4 is 15.4 Å². The number of carbonyl (C=O) groups is 2. The number of ether oxygens (including phenoxy) is 1. The summed E-state index contributed by atoms with van der Waals surface area (Å²) in [5, 5.41) is 4.63. The average Bonchev–Trinajstić information content (AvgIpc) is 2.35. The molecule has 0 aliphatic carbocycles. The van der Waals surface area contributed by atoms with Crippen molar-refractivity contribution >= 4 is 11.8 Å². The van der Waals surface area contributed by atoms with Gasteiger partial charge in [0, 0.05) is 13.1 Å². The van der Waals surface area contributed by atoms with E-state index in [9.17, 15) is 14.0 Å². The van der Waals surface area contributed by atoms with E-state index in [0.717, 1.165) is 6.07 Å². The van der Waals surface area contributed by atoms with Gasteiger partial charge < -0.3 is 15.4 Å². The summed E-state index contributed by atoms with van der Waals surface area (Å²) in [7, 11) is 2.85. The minimum Gasteiger partial charge on any atom is -0.497 e. The Hall–Kier alpha value is -2.11. The second-order valence-corrected chi connectivity index (χ2v) is 3.20. The SMILES string of the molecule is CNC(=O)CNC(=O)c1ccc(OC)cc1F. The number of hydrogen-bond acceptors (Lipinski definition) is 3. The van der Waals surface area contributed by atoms with Crippen molar-refractivity contribution in [3.8, 4) is 5.75 Å². The van der Waals surface area contributed by atoms with E-state index < -0.39 is 11.7 Å². The van der Waals surface area contributed by atoms with E-state index in [2.05, 4.69) is 10.6 Å². The summed E-state index contributed by atoms with van der Waals surface area (Å²) in [6, 6.07) is 3.88. The highest BCUT2D eigenvalue weighted by Gasteiger charge is 2.12. The predicted molar refractivity (Wildman–Crippen MR) is 59.4 cm³/mol. The first-order valence-electron chi connectivity index (χ1n) is 4.90. The van der Waals surface area contributed by atoms with Crippen LogP contribution in [0, 0.1) is 5.82 Å². The van der Waals surface area contributed by atoms with Crippen LogP contribution in [0.3, 0.4) is 0 Å². The first-order valence-corrected chi connectivity index (χ1v) is 4.90. The first-order chi connectivity index (χ1) is 8.08. The summed E-state index contributed by atoms with van der Waals surface area (Å²) in [5.74, 6) is -1.37. The number of hydrogen-bond donors (Lipinski definition) is 2. The Bertz CT molecular complexity index is 435. The molecule has 0 unspecified atom stereocenters. The van der Waals surface area contributed by atoms with Gasteiger partial charge in [0.1, 0.15) is 11.6 Å². The Labute approximate surface area is 98.0 Å². The van der Waals surface area contributed by atoms with Gasteiger partial charge in [-0.2, -0.15) is 0 Å². The Morgan fingerprint density at radius 2 is 2.12 bits per heavy atom. The second-order valence-electron chi connectivity index (χ2n) is 3.20. The molecule has 0 saturated carbocycles. The average molecular weight is 240 g/mol. The third-order valence-corrected chi connectivity index (χ3v) is 2.11. The number of methoxy groups -OCH3 is 1. The standard InChI is InChI=1S/C11H13FN2O3/c1-13-10(15)6-14-11(16)8-4-3-7(17-2)5-9(8)12/h3-5H,6H2,1-2H3,(H,13,15)(H,14,16). The topological polar surface area (TPSA) is 67.4 Å². The largest absolute Gasteiger partial charge is 0.497 e. The molecule has 1 aromatic carbocycles. The molecular weight excluding hydrogens is 227 g/mol. The molecule has 17 heavy (non-hydrogen) atoms. The molecule has 5 nitrogen and oxygen atoms in total. The molecular formula is C11H13FN2O3. The maximum Gasteiger partial charge on any atom is 0.254 e. The Balaban J connectivity index is 2.72. The van der Waals surface area contributed by atoms with Crippen LogP contribution in [-0.4, -0.2) is 32.5 Å². The van der Waals surface area contributed by atoms with Crippen LogP contribution in [-0.2, 0) is 4.79 Å². The van der Waals surface area contributed by atoms with Crippen molar-refractivity contribution in [3.05, 3.63) is 29.6 Å². The Morgan fingerprint density at radius 1 is 1.41 bits per heavy atom. The lowest BCUT2D eigenvalue weighted by Gasteiger charge is -2.06. The van der Waals surface area contributed by atoms with Gasteiger partial charge in [-0.25, -0.2) is 4.39 Å². The van der Waals surface area contributed by atoms with Crippen LogP contribution >= 0.6 is 0 Å². The fraction of sp³-hybridized carbons (Fsp3) is 0.273. The zero-order valence-corrected chi connectivity index (χ0v) is 9.54. The number of nitrogens with one attached hydrogen (secondary N) is 2. The van der Waals surface area contributed by atoms with Crippen molar-refractivity contribution in [2.24, 2.45) is 0 Å². The summed E-state index contributed by atoms with van der Waals surface area (Å²) in [4.78, 5) is 22.4. The summed E-state index contributed by atoms with van der Waals surface area (Å²) in [6.45, 7) is -0.194. The van der Waals surface area contributed by atoms with Gasteiger partial charge in [-0.1, -0.05) is 0 Å². The van der Waals surface area contributed by atoms with Crippen molar-refractivity contribution in [3.63, 3.8) is 0 Å². The van der Waals surface area contributed by atoms with Crippen LogP contribution in [0.25, 0.3) is 0 Å². The summed E-state index contributed by atoms with van der Waals surface area (Å²) in [5.41, 5.74) is -0.130. The fourth-order valence-corrected chi connectivity index (χ4v) is 1.15. The number of rotatable bonds is 4. The third kappa shape index (κ3) is 3.44. The smallest absolute Gasteiger partial charge is 0.254 e. The molecule has 0 atom stereocenters. The van der Waals surface area contributed by atoms with E-state index in [1.807, 2.05) is 0 Å². The highest BCUT2D eigenvalue weighted by Crippen LogP contribution is 2.15. The molecule has 0 bridgehead atoms. The van der Waals surface area contributed by atoms with Crippen molar-refractivity contribution in [2.45, 2.75) is 0 Å². The maximum absolute atomic E-state index is 13.5. The Kier molecular flexibility index (Phi) is 4.45. The molecule has 0 spiro atoms. The Morgan fingerprint density at radius 3 is 2.65 bits per heavy atom. The molecule has 0 aromatic heterocycles. The van der Waals surface area contributed by atoms with Gasteiger partial charge in [0.15, 0.2) is 0 Å². The van der Waals surface area contributed by atoms with Crippen LogP contribution in [0.4, 0.5) is 4.39 Å². The number of carbonyl (C=O) groups excluding carboxylic acids is 2. The minimum absolute atomic E-state index is 0.130. The molecule has 0 fully saturated rings. The molecule has 1 aromatic rings. The minimum atomic E-state index is -0.696. The molecule has 0 heterocycles. The maximum atomic E-state index is 13.5. The monoisotopic (exact) mass is 240 g/mol. The fourth-order valence-electron chi connectivity index (χ4n) is 1.15. The first kappa shape index (κ1) is 13.0. The van der Waals surface area contributed by atoms with Gasteiger partial charge in [0.05, 0.1) is 19.2 Å². The van der Waals surface area contributed by atoms with E-state index >= 15 is 0 Å². The van der Waals surface area contributed by atoms with Crippen molar-refractivity contribution in [1.82, 2.24) is 10.6 Å². The van der Waals surface area contributed by atoms with E-state index in [1.54, 1.807) is 0 Å². The number of benzene rings is 1. The van der Waals surface area contributed by atoms with Crippen molar-refractivity contribution < 1.29 is 18.7 Å². The van der Waals surface area contributed by atoms with Gasteiger partial charge in [0.25, 0.3) is 5.91 Å². The van der Waals surface area contributed by atoms with Gasteiger partial charge in [-0.05, 0) is 12.1 Å². The molecule has 0 radical (unpaired) electrons. The van der Waals surface area contributed by atoms with Gasteiger partial charge >= 0.3 is 0 Å². The van der Waals surface area contributed by atoms with Crippen LogP contribution in [0.1, 0.15) is 10.4 Å². The molecule has 6 heteroatoms. The lowest BCUT2D eigenvalue weighted by atomic mass is 10.2. The van der Waals surface area contributed by atoms with E-state index in [4.69, 9.17) is 4.74 Å². The predicted octanol–water partition coefficient (Wildman–Crippen LogP) is 0.310. The zero-order chi connectivity index (χ0) is 12.8. The van der Waals surface area contributed by atoms with Gasteiger partial charge in [-0.3, -0.25) is 9.59 Å². The quantitative estimate of drug-likeness (QED) is 0.796. The third-order valence-electron chi connectivity index (χ3n) is 2.11. The van der Waals surface area contributed by atoms with Crippen LogP contribution in [0.2, 0.25) is 0 Å². The molecule has 2 N–H and O–H groups in total. The van der Waals surface area contributed by atoms with E-state index in [1.165, 1.54) is 26.3 Å². The summed E-state index contributed by atoms with van der Waals surface area (Å²) < 4.78 is 18.3. The van der Waals surface area contributed by atoms with Crippen molar-refractivity contribution in [2.75, 3.05) is 20.7 Å². The molecule has 0 saturated heterocycles. The molecule has 2 amide bonds. The second kappa shape index (κ2) is 5.83. The van der Waals surface area contributed by atoms with Gasteiger partial charge in [0.2, 0.25) is 5.91 Å². The zero-order valence-electron chi connectivity index (χ0n) is 9.54. The molecule has 92 valence electrons. The number of halogens is 1. The van der Waals surface area contributed by atoms with E-state index in [0.29, 0.717) is 5.75 Å². The van der Waals surface area contributed by atoms with E-state index in [-0.39, 0.29) is 18.0 Å². The lowest BCUT2D eigenvalue weighted by Crippen LogP contribution is -2.35. The molecule has 0 aliphatic heterocycles. The normalized spacial score (nSPS) is 9.59. The number of likely N-dealkylation sites (N-methyl/N-ethyl adjacent to an activating group) is 1. The summed E-state index contributed by atoms with van der Waals surface area (Å²) >= 11 is 0. The van der Waals surface area contributed by atoms with Gasteiger partial charge in [-0.15, -0.1) is 0 Å². The molecule has 1 rings (SSSR count).